The molecule has 0 spiro atoms. The van der Waals surface area contributed by atoms with Crippen LogP contribution in [0, 0.1) is 5.92 Å². The van der Waals surface area contributed by atoms with Gasteiger partial charge >= 0.3 is 0 Å². The van der Waals surface area contributed by atoms with Crippen LogP contribution in [0.4, 0.5) is 0 Å². The zero-order valence-corrected chi connectivity index (χ0v) is 13.1. The van der Waals surface area contributed by atoms with Crippen molar-refractivity contribution >= 4 is 15.9 Å². The number of aromatic nitrogens is 1. The van der Waals surface area contributed by atoms with Gasteiger partial charge in [0.2, 0.25) is 0 Å². The topological polar surface area (TPSA) is 28.2 Å². The normalized spacial score (nSPS) is 29.2. The minimum atomic E-state index is 0.311. The Bertz CT molecular complexity index is 430. The van der Waals surface area contributed by atoms with Gasteiger partial charge in [-0.05, 0) is 73.3 Å². The molecule has 1 saturated carbocycles. The van der Waals surface area contributed by atoms with Crippen molar-refractivity contribution in [2.24, 2.45) is 5.92 Å². The Balaban J connectivity index is 1.67. The Kier molecular flexibility index (Phi) is 3.92. The third-order valence-corrected chi connectivity index (χ3v) is 4.85. The van der Waals surface area contributed by atoms with Crippen LogP contribution in [0.5, 0.6) is 0 Å². The predicted molar refractivity (Wildman–Crippen MR) is 81.0 cm³/mol. The first kappa shape index (κ1) is 13.5. The van der Waals surface area contributed by atoms with E-state index in [1.165, 1.54) is 31.5 Å². The molecule has 1 atom stereocenters. The minimum Gasteiger partial charge on any atom is -0.310 e. The molecule has 0 radical (unpaired) electrons. The first-order chi connectivity index (χ1) is 9.16. The minimum absolute atomic E-state index is 0.311. The summed E-state index contributed by atoms with van der Waals surface area (Å²) in [6.07, 6.45) is 5.92. The first-order valence-electron chi connectivity index (χ1n) is 7.23. The van der Waals surface area contributed by atoms with Crippen LogP contribution in [0.25, 0.3) is 0 Å². The van der Waals surface area contributed by atoms with Crippen molar-refractivity contribution in [1.29, 1.82) is 0 Å². The van der Waals surface area contributed by atoms with Gasteiger partial charge in [-0.3, -0.25) is 9.88 Å². The van der Waals surface area contributed by atoms with Crippen LogP contribution in [0.15, 0.2) is 22.8 Å². The van der Waals surface area contributed by atoms with E-state index in [9.17, 15) is 0 Å². The maximum Gasteiger partial charge on any atom is 0.0544 e. The van der Waals surface area contributed by atoms with Crippen molar-refractivity contribution in [2.45, 2.75) is 38.3 Å². The van der Waals surface area contributed by atoms with Crippen molar-refractivity contribution in [3.8, 4) is 0 Å². The van der Waals surface area contributed by atoms with Gasteiger partial charge in [0.1, 0.15) is 0 Å². The van der Waals surface area contributed by atoms with E-state index in [2.05, 4.69) is 50.2 Å². The van der Waals surface area contributed by atoms with Crippen molar-refractivity contribution in [2.75, 3.05) is 19.6 Å². The van der Waals surface area contributed by atoms with Crippen molar-refractivity contribution < 1.29 is 0 Å². The van der Waals surface area contributed by atoms with E-state index >= 15 is 0 Å². The average Bonchev–Trinajstić information content (AvgIpc) is 3.20. The second kappa shape index (κ2) is 5.51. The molecular weight excluding hydrogens is 302 g/mol. The number of halogens is 1. The highest BCUT2D eigenvalue weighted by atomic mass is 79.9. The van der Waals surface area contributed by atoms with Gasteiger partial charge in [-0.1, -0.05) is 0 Å². The van der Waals surface area contributed by atoms with Crippen LogP contribution in [0.1, 0.15) is 31.9 Å². The lowest BCUT2D eigenvalue weighted by Crippen LogP contribution is -2.50. The summed E-state index contributed by atoms with van der Waals surface area (Å²) in [5.41, 5.74) is 1.48. The van der Waals surface area contributed by atoms with Gasteiger partial charge in [-0.2, -0.15) is 0 Å². The summed E-state index contributed by atoms with van der Waals surface area (Å²) in [6.45, 7) is 6.84. The number of pyridine rings is 1. The smallest absolute Gasteiger partial charge is 0.0544 e. The maximum atomic E-state index is 4.50. The fraction of sp³-hybridized carbons (Fsp3) is 0.667. The molecule has 0 aromatic carbocycles. The average molecular weight is 324 g/mol. The summed E-state index contributed by atoms with van der Waals surface area (Å²) >= 11 is 3.44. The lowest BCUT2D eigenvalue weighted by molar-refractivity contribution is 0.193. The van der Waals surface area contributed by atoms with Crippen LogP contribution < -0.4 is 5.32 Å². The highest BCUT2D eigenvalue weighted by Crippen LogP contribution is 2.40. The second-order valence-electron chi connectivity index (χ2n) is 6.15. The molecule has 1 aromatic rings. The molecule has 3 nitrogen and oxygen atoms in total. The van der Waals surface area contributed by atoms with Crippen LogP contribution in [-0.4, -0.2) is 35.1 Å². The van der Waals surface area contributed by atoms with E-state index in [0.717, 1.165) is 30.0 Å². The van der Waals surface area contributed by atoms with Crippen LogP contribution in [0.3, 0.4) is 0 Å². The number of nitrogens with one attached hydrogen (secondary N) is 1. The molecule has 1 saturated heterocycles. The van der Waals surface area contributed by atoms with E-state index in [0.29, 0.717) is 5.54 Å². The molecule has 4 heteroatoms. The molecule has 0 amide bonds. The predicted octanol–water partition coefficient (Wildman–Crippen LogP) is 2.81. The Hall–Kier alpha value is -0.450. The molecular formula is C15H22BrN3. The molecule has 1 aliphatic carbocycles. The molecule has 1 unspecified atom stereocenters. The van der Waals surface area contributed by atoms with Gasteiger partial charge < -0.3 is 5.32 Å². The fourth-order valence-electron chi connectivity index (χ4n) is 3.13. The lowest BCUT2D eigenvalue weighted by Gasteiger charge is -2.33. The molecule has 2 heterocycles. The fourth-order valence-corrected chi connectivity index (χ4v) is 3.37. The Morgan fingerprint density at radius 1 is 1.47 bits per heavy atom. The lowest BCUT2D eigenvalue weighted by atomic mass is 9.95. The molecule has 1 aromatic heterocycles. The van der Waals surface area contributed by atoms with Gasteiger partial charge in [0.25, 0.3) is 0 Å². The SMILES string of the molecule is CC1(C2CC2)CN(Cc2ccc(Br)cn2)CCCN1. The van der Waals surface area contributed by atoms with E-state index < -0.39 is 0 Å². The molecule has 3 rings (SSSR count). The molecule has 1 N–H and O–H groups in total. The molecule has 1 aliphatic heterocycles. The van der Waals surface area contributed by atoms with Gasteiger partial charge in [0.05, 0.1) is 5.69 Å². The number of rotatable bonds is 3. The highest BCUT2D eigenvalue weighted by Gasteiger charge is 2.42. The largest absolute Gasteiger partial charge is 0.310 e. The summed E-state index contributed by atoms with van der Waals surface area (Å²) in [5.74, 6) is 0.881. The highest BCUT2D eigenvalue weighted by molar-refractivity contribution is 9.10. The molecule has 104 valence electrons. The summed E-state index contributed by atoms with van der Waals surface area (Å²) in [6, 6.07) is 4.20. The van der Waals surface area contributed by atoms with Crippen molar-refractivity contribution in [3.63, 3.8) is 0 Å². The van der Waals surface area contributed by atoms with Crippen LogP contribution in [-0.2, 0) is 6.54 Å². The van der Waals surface area contributed by atoms with Gasteiger partial charge in [0, 0.05) is 29.3 Å². The Morgan fingerprint density at radius 2 is 2.32 bits per heavy atom. The van der Waals surface area contributed by atoms with Crippen LogP contribution in [0.2, 0.25) is 0 Å². The zero-order chi connectivity index (χ0) is 13.3. The van der Waals surface area contributed by atoms with Gasteiger partial charge in [0.15, 0.2) is 0 Å². The summed E-state index contributed by atoms with van der Waals surface area (Å²) < 4.78 is 1.05. The molecule has 0 bridgehead atoms. The molecule has 2 fully saturated rings. The van der Waals surface area contributed by atoms with Crippen molar-refractivity contribution in [1.82, 2.24) is 15.2 Å². The summed E-state index contributed by atoms with van der Waals surface area (Å²) in [5, 5.41) is 3.78. The monoisotopic (exact) mass is 323 g/mol. The summed E-state index contributed by atoms with van der Waals surface area (Å²) in [7, 11) is 0. The van der Waals surface area contributed by atoms with Crippen LogP contribution >= 0.6 is 15.9 Å². The van der Waals surface area contributed by atoms with E-state index in [1.54, 1.807) is 0 Å². The summed E-state index contributed by atoms with van der Waals surface area (Å²) in [4.78, 5) is 7.07. The van der Waals surface area contributed by atoms with Gasteiger partial charge in [-0.25, -0.2) is 0 Å². The third-order valence-electron chi connectivity index (χ3n) is 4.38. The Labute approximate surface area is 123 Å². The second-order valence-corrected chi connectivity index (χ2v) is 7.07. The third kappa shape index (κ3) is 3.36. The number of hydrogen-bond donors (Lipinski definition) is 1. The molecule has 2 aliphatic rings. The zero-order valence-electron chi connectivity index (χ0n) is 11.5. The Morgan fingerprint density at radius 3 is 3.00 bits per heavy atom. The van der Waals surface area contributed by atoms with E-state index in [-0.39, 0.29) is 0 Å². The number of hydrogen-bond acceptors (Lipinski definition) is 3. The standard InChI is InChI=1S/C15H22BrN3/c1-15(12-3-4-12)11-19(8-2-7-18-15)10-14-6-5-13(16)9-17-14/h5-6,9,12,18H,2-4,7-8,10-11H2,1H3. The molecule has 19 heavy (non-hydrogen) atoms. The quantitative estimate of drug-likeness (QED) is 0.927. The number of nitrogens with zero attached hydrogens (tertiary/aromatic N) is 2. The van der Waals surface area contributed by atoms with E-state index in [4.69, 9.17) is 0 Å². The van der Waals surface area contributed by atoms with Crippen molar-refractivity contribution in [3.05, 3.63) is 28.5 Å². The van der Waals surface area contributed by atoms with E-state index in [1.807, 2.05) is 6.20 Å². The first-order valence-corrected chi connectivity index (χ1v) is 8.03. The van der Waals surface area contributed by atoms with Gasteiger partial charge in [-0.15, -0.1) is 0 Å². The maximum absolute atomic E-state index is 4.50.